The van der Waals surface area contributed by atoms with E-state index < -0.39 is 0 Å². The lowest BCUT2D eigenvalue weighted by atomic mass is 10.2. The molecule has 11 heteroatoms. The van der Waals surface area contributed by atoms with Crippen molar-refractivity contribution < 1.29 is 4.74 Å². The Morgan fingerprint density at radius 3 is 2.10 bits per heavy atom. The van der Waals surface area contributed by atoms with Crippen LogP contribution in [0.4, 0.5) is 0 Å². The van der Waals surface area contributed by atoms with Crippen molar-refractivity contribution >= 4 is 65.3 Å². The van der Waals surface area contributed by atoms with Crippen LogP contribution in [-0.4, -0.2) is 38.3 Å². The third-order valence-electron chi connectivity index (χ3n) is 3.89. The van der Waals surface area contributed by atoms with Crippen LogP contribution in [0, 0.1) is 0 Å². The molecule has 0 aliphatic rings. The van der Waals surface area contributed by atoms with Gasteiger partial charge in [-0.15, -0.1) is 0 Å². The standard InChI is InChI=1S/C13H10ClN3O.C6H3Cl2N3.B/c14-11-6-10-12(16-8-15-10)13(17-11)18-7-9-4-2-1-3-5-9;7-4-1-3-5(6(8)11-4)10-2-9-3;/h1-6,8H,7H2,(H,15,16);1-2H,(H,9,10);. The SMILES string of the molecule is Clc1cc2[nH]cnc2c(Cl)n1.Clc1cc2[nH]cnc2c(OCc2ccccc2)n1.[B]. The van der Waals surface area contributed by atoms with Gasteiger partial charge in [0.15, 0.2) is 10.7 Å². The van der Waals surface area contributed by atoms with Gasteiger partial charge in [0, 0.05) is 20.5 Å². The predicted molar refractivity (Wildman–Crippen MR) is 119 cm³/mol. The molecule has 1 aromatic carbocycles. The number of halogens is 3. The topological polar surface area (TPSA) is 92.4 Å². The van der Waals surface area contributed by atoms with E-state index in [2.05, 4.69) is 29.9 Å². The summed E-state index contributed by atoms with van der Waals surface area (Å²) >= 11 is 17.3. The number of rotatable bonds is 3. The quantitative estimate of drug-likeness (QED) is 0.291. The van der Waals surface area contributed by atoms with Gasteiger partial charge in [0.2, 0.25) is 5.88 Å². The highest BCUT2D eigenvalue weighted by Crippen LogP contribution is 2.24. The zero-order valence-corrected chi connectivity index (χ0v) is 17.6. The largest absolute Gasteiger partial charge is 0.471 e. The Morgan fingerprint density at radius 1 is 0.800 bits per heavy atom. The average molecular weight is 459 g/mol. The van der Waals surface area contributed by atoms with Gasteiger partial charge in [0.1, 0.15) is 22.4 Å². The van der Waals surface area contributed by atoms with Crippen molar-refractivity contribution in [3.63, 3.8) is 0 Å². The zero-order valence-electron chi connectivity index (χ0n) is 15.3. The number of ether oxygens (including phenoxy) is 1. The Hall–Kier alpha value is -2.81. The van der Waals surface area contributed by atoms with Gasteiger partial charge < -0.3 is 14.7 Å². The minimum atomic E-state index is 0. The summed E-state index contributed by atoms with van der Waals surface area (Å²) in [6.07, 6.45) is 3.15. The van der Waals surface area contributed by atoms with Crippen molar-refractivity contribution in [1.82, 2.24) is 29.9 Å². The van der Waals surface area contributed by atoms with E-state index in [4.69, 9.17) is 39.5 Å². The Morgan fingerprint density at radius 2 is 1.40 bits per heavy atom. The number of nitrogens with zero attached hydrogens (tertiary/aromatic N) is 4. The van der Waals surface area contributed by atoms with Crippen molar-refractivity contribution in [2.45, 2.75) is 6.61 Å². The van der Waals surface area contributed by atoms with Crippen LogP contribution in [0.5, 0.6) is 5.88 Å². The maximum absolute atomic E-state index is 5.92. The molecule has 0 fully saturated rings. The van der Waals surface area contributed by atoms with E-state index in [0.717, 1.165) is 16.6 Å². The fourth-order valence-corrected chi connectivity index (χ4v) is 3.25. The lowest BCUT2D eigenvalue weighted by Gasteiger charge is -2.06. The molecule has 2 N–H and O–H groups in total. The van der Waals surface area contributed by atoms with Crippen LogP contribution in [0.3, 0.4) is 0 Å². The molecule has 0 amide bonds. The van der Waals surface area contributed by atoms with E-state index in [0.29, 0.717) is 39.0 Å². The molecule has 0 spiro atoms. The fourth-order valence-electron chi connectivity index (χ4n) is 2.59. The van der Waals surface area contributed by atoms with E-state index in [1.54, 1.807) is 24.8 Å². The molecule has 0 aliphatic carbocycles. The molecule has 4 heterocycles. The van der Waals surface area contributed by atoms with E-state index in [1.165, 1.54) is 0 Å². The van der Waals surface area contributed by atoms with Gasteiger partial charge in [-0.3, -0.25) is 0 Å². The van der Waals surface area contributed by atoms with Crippen molar-refractivity contribution in [3.05, 3.63) is 76.1 Å². The van der Waals surface area contributed by atoms with E-state index in [1.807, 2.05) is 30.3 Å². The Balaban J connectivity index is 0.000000184. The first kappa shape index (κ1) is 21.9. The highest BCUT2D eigenvalue weighted by molar-refractivity contribution is 6.36. The van der Waals surface area contributed by atoms with Gasteiger partial charge >= 0.3 is 0 Å². The molecule has 0 saturated heterocycles. The fraction of sp³-hybridized carbons (Fsp3) is 0.0526. The highest BCUT2D eigenvalue weighted by Gasteiger charge is 2.09. The lowest BCUT2D eigenvalue weighted by Crippen LogP contribution is -1.98. The van der Waals surface area contributed by atoms with Crippen molar-refractivity contribution in [3.8, 4) is 5.88 Å². The first-order valence-electron chi connectivity index (χ1n) is 8.41. The average Bonchev–Trinajstić information content (AvgIpc) is 3.36. The van der Waals surface area contributed by atoms with Gasteiger partial charge in [-0.1, -0.05) is 65.1 Å². The smallest absolute Gasteiger partial charge is 0.243 e. The molecule has 149 valence electrons. The maximum atomic E-state index is 5.92. The Bertz CT molecular complexity index is 1260. The Kier molecular flexibility index (Phi) is 7.15. The number of hydrogen-bond acceptors (Lipinski definition) is 5. The van der Waals surface area contributed by atoms with Gasteiger partial charge in [0.05, 0.1) is 23.7 Å². The van der Waals surface area contributed by atoms with Crippen LogP contribution in [0.15, 0.2) is 55.1 Å². The molecular weight excluding hydrogens is 445 g/mol. The maximum Gasteiger partial charge on any atom is 0.243 e. The summed E-state index contributed by atoms with van der Waals surface area (Å²) in [6.45, 7) is 0.441. The predicted octanol–water partition coefficient (Wildman–Crippen LogP) is 5.07. The summed E-state index contributed by atoms with van der Waals surface area (Å²) in [4.78, 5) is 22.0. The molecular formula is C19H13BCl3N6O. The van der Waals surface area contributed by atoms with Crippen molar-refractivity contribution in [2.75, 3.05) is 0 Å². The summed E-state index contributed by atoms with van der Waals surface area (Å²) in [7, 11) is 0. The summed E-state index contributed by atoms with van der Waals surface area (Å²) in [6, 6.07) is 13.3. The normalized spacial score (nSPS) is 10.4. The van der Waals surface area contributed by atoms with E-state index in [-0.39, 0.29) is 8.41 Å². The van der Waals surface area contributed by atoms with Gasteiger partial charge in [-0.25, -0.2) is 15.0 Å². The number of aromatic amines is 2. The van der Waals surface area contributed by atoms with Crippen molar-refractivity contribution in [2.24, 2.45) is 0 Å². The number of fused-ring (bicyclic) bond motifs is 2. The van der Waals surface area contributed by atoms with Crippen LogP contribution in [0.1, 0.15) is 5.56 Å². The first-order valence-corrected chi connectivity index (χ1v) is 9.55. The number of hydrogen-bond donors (Lipinski definition) is 2. The lowest BCUT2D eigenvalue weighted by molar-refractivity contribution is 0.297. The molecule has 7 nitrogen and oxygen atoms in total. The second-order valence-corrected chi connectivity index (χ2v) is 6.99. The Labute approximate surface area is 188 Å². The van der Waals surface area contributed by atoms with Crippen LogP contribution in [-0.2, 0) is 6.61 Å². The summed E-state index contributed by atoms with van der Waals surface area (Å²) in [5, 5.41) is 1.08. The first-order chi connectivity index (χ1) is 14.1. The molecule has 5 rings (SSSR count). The monoisotopic (exact) mass is 457 g/mol. The number of aromatic nitrogens is 6. The third kappa shape index (κ3) is 5.02. The van der Waals surface area contributed by atoms with Crippen LogP contribution in [0.2, 0.25) is 15.5 Å². The van der Waals surface area contributed by atoms with Crippen LogP contribution < -0.4 is 4.74 Å². The minimum Gasteiger partial charge on any atom is -0.471 e. The number of H-pyrrole nitrogens is 2. The summed E-state index contributed by atoms with van der Waals surface area (Å²) in [5.74, 6) is 0.447. The van der Waals surface area contributed by atoms with Gasteiger partial charge in [-0.2, -0.15) is 4.98 Å². The number of benzene rings is 1. The summed E-state index contributed by atoms with van der Waals surface area (Å²) < 4.78 is 5.67. The number of imidazole rings is 2. The second-order valence-electron chi connectivity index (χ2n) is 5.86. The second kappa shape index (κ2) is 9.80. The third-order valence-corrected chi connectivity index (χ3v) is 4.54. The van der Waals surface area contributed by atoms with E-state index in [9.17, 15) is 0 Å². The molecule has 30 heavy (non-hydrogen) atoms. The molecule has 5 aromatic rings. The number of pyridine rings is 2. The zero-order chi connectivity index (χ0) is 20.2. The molecule has 0 bridgehead atoms. The van der Waals surface area contributed by atoms with Crippen molar-refractivity contribution in [1.29, 1.82) is 0 Å². The number of nitrogens with one attached hydrogen (secondary N) is 2. The van der Waals surface area contributed by atoms with Crippen LogP contribution in [0.25, 0.3) is 22.1 Å². The molecule has 0 atom stereocenters. The summed E-state index contributed by atoms with van der Waals surface area (Å²) in [5.41, 5.74) is 4.03. The molecule has 4 aromatic heterocycles. The minimum absolute atomic E-state index is 0. The highest BCUT2D eigenvalue weighted by atomic mass is 35.5. The van der Waals surface area contributed by atoms with Gasteiger partial charge in [0.25, 0.3) is 0 Å². The van der Waals surface area contributed by atoms with Gasteiger partial charge in [-0.05, 0) is 5.56 Å². The molecule has 0 saturated carbocycles. The molecule has 3 radical (unpaired) electrons. The molecule has 0 unspecified atom stereocenters. The van der Waals surface area contributed by atoms with Crippen LogP contribution >= 0.6 is 34.8 Å². The molecule has 0 aliphatic heterocycles. The van der Waals surface area contributed by atoms with E-state index >= 15 is 0 Å².